The van der Waals surface area contributed by atoms with Crippen molar-refractivity contribution < 1.29 is 28.2 Å². The maximum Gasteiger partial charge on any atom is 0.410 e. The molecule has 2 amide bonds. The van der Waals surface area contributed by atoms with Gasteiger partial charge in [-0.25, -0.2) is 9.18 Å². The van der Waals surface area contributed by atoms with Crippen LogP contribution in [0.15, 0.2) is 24.3 Å². The highest BCUT2D eigenvalue weighted by atomic mass is 19.1. The lowest BCUT2D eigenvalue weighted by molar-refractivity contribution is -0.124. The Balaban J connectivity index is 1.57. The summed E-state index contributed by atoms with van der Waals surface area (Å²) in [7, 11) is 0. The fraction of sp³-hybridized carbons (Fsp3) is 0.500. The maximum absolute atomic E-state index is 13.3. The second-order valence-corrected chi connectivity index (χ2v) is 5.69. The van der Waals surface area contributed by atoms with E-state index in [9.17, 15) is 14.0 Å². The van der Waals surface area contributed by atoms with Gasteiger partial charge in [0.25, 0.3) is 0 Å². The van der Waals surface area contributed by atoms with Crippen LogP contribution in [0.25, 0.3) is 0 Å². The largest absolute Gasteiger partial charge is 0.488 e. The van der Waals surface area contributed by atoms with Crippen molar-refractivity contribution in [2.24, 2.45) is 0 Å². The minimum absolute atomic E-state index is 0.0674. The van der Waals surface area contributed by atoms with Gasteiger partial charge in [-0.1, -0.05) is 6.07 Å². The van der Waals surface area contributed by atoms with Gasteiger partial charge in [0.2, 0.25) is 5.91 Å². The molecule has 2 aliphatic heterocycles. The Morgan fingerprint density at radius 3 is 3.04 bits per heavy atom. The van der Waals surface area contributed by atoms with E-state index < -0.39 is 6.09 Å². The first-order valence-electron chi connectivity index (χ1n) is 7.83. The second-order valence-electron chi connectivity index (χ2n) is 5.69. The highest BCUT2D eigenvalue weighted by molar-refractivity contribution is 5.83. The smallest absolute Gasteiger partial charge is 0.410 e. The Morgan fingerprint density at radius 1 is 1.42 bits per heavy atom. The number of hydrogen-bond donors (Lipinski definition) is 1. The topological polar surface area (TPSA) is 77.1 Å². The van der Waals surface area contributed by atoms with E-state index in [4.69, 9.17) is 14.2 Å². The number of benzene rings is 1. The summed E-state index contributed by atoms with van der Waals surface area (Å²) in [5.41, 5.74) is 0. The van der Waals surface area contributed by atoms with Gasteiger partial charge in [0, 0.05) is 12.5 Å². The predicted molar refractivity (Wildman–Crippen MR) is 81.1 cm³/mol. The molecule has 3 rings (SSSR count). The maximum atomic E-state index is 13.3. The Kier molecular flexibility index (Phi) is 5.14. The van der Waals surface area contributed by atoms with E-state index in [0.29, 0.717) is 38.5 Å². The van der Waals surface area contributed by atoms with Crippen molar-refractivity contribution in [3.8, 4) is 5.75 Å². The first-order valence-corrected chi connectivity index (χ1v) is 7.83. The third kappa shape index (κ3) is 4.14. The molecule has 0 saturated carbocycles. The number of hydrogen-bond acceptors (Lipinski definition) is 5. The van der Waals surface area contributed by atoms with Gasteiger partial charge in [-0.2, -0.15) is 0 Å². The molecule has 2 atom stereocenters. The summed E-state index contributed by atoms with van der Waals surface area (Å²) in [5, 5.41) is 2.82. The lowest BCUT2D eigenvalue weighted by Gasteiger charge is -2.32. The molecule has 0 bridgehead atoms. The monoisotopic (exact) mass is 338 g/mol. The molecule has 0 unspecified atom stereocenters. The first kappa shape index (κ1) is 16.5. The van der Waals surface area contributed by atoms with Crippen LogP contribution in [0.1, 0.15) is 6.42 Å². The first-order chi connectivity index (χ1) is 11.6. The number of halogens is 1. The van der Waals surface area contributed by atoms with Gasteiger partial charge >= 0.3 is 6.09 Å². The lowest BCUT2D eigenvalue weighted by Crippen LogP contribution is -2.53. The van der Waals surface area contributed by atoms with Crippen LogP contribution in [-0.4, -0.2) is 62.0 Å². The second kappa shape index (κ2) is 7.48. The third-order valence-electron chi connectivity index (χ3n) is 3.90. The van der Waals surface area contributed by atoms with E-state index >= 15 is 0 Å². The number of rotatable bonds is 5. The van der Waals surface area contributed by atoms with Crippen LogP contribution in [0.3, 0.4) is 0 Å². The molecule has 1 aromatic rings. The minimum Gasteiger partial charge on any atom is -0.488 e. The van der Waals surface area contributed by atoms with Gasteiger partial charge in [0.1, 0.15) is 30.8 Å². The molecule has 0 aliphatic carbocycles. The minimum atomic E-state index is -0.488. The quantitative estimate of drug-likeness (QED) is 0.864. The molecule has 8 heteroatoms. The fourth-order valence-electron chi connectivity index (χ4n) is 2.70. The molecule has 0 spiro atoms. The summed E-state index contributed by atoms with van der Waals surface area (Å²) >= 11 is 0. The number of carbonyl (C=O) groups excluding carboxylic acids is 2. The molecule has 2 heterocycles. The number of amides is 2. The van der Waals surface area contributed by atoms with Crippen LogP contribution in [0.2, 0.25) is 0 Å². The van der Waals surface area contributed by atoms with Crippen molar-refractivity contribution in [3.63, 3.8) is 0 Å². The van der Waals surface area contributed by atoms with Gasteiger partial charge in [-0.05, 0) is 12.1 Å². The summed E-state index contributed by atoms with van der Waals surface area (Å²) < 4.78 is 29.3. The molecule has 0 aromatic heterocycles. The highest BCUT2D eigenvalue weighted by Gasteiger charge is 2.31. The molecule has 24 heavy (non-hydrogen) atoms. The molecule has 7 nitrogen and oxygen atoms in total. The van der Waals surface area contributed by atoms with Gasteiger partial charge in [0.15, 0.2) is 0 Å². The van der Waals surface area contributed by atoms with Crippen molar-refractivity contribution in [1.82, 2.24) is 10.2 Å². The van der Waals surface area contributed by atoms with E-state index in [1.54, 1.807) is 12.1 Å². The molecule has 0 radical (unpaired) electrons. The van der Waals surface area contributed by atoms with Crippen LogP contribution < -0.4 is 10.1 Å². The van der Waals surface area contributed by atoms with Crippen LogP contribution in [-0.2, 0) is 14.3 Å². The van der Waals surface area contributed by atoms with Crippen molar-refractivity contribution in [1.29, 1.82) is 0 Å². The Hall–Kier alpha value is -2.35. The Labute approximate surface area is 138 Å². The van der Waals surface area contributed by atoms with Crippen molar-refractivity contribution in [3.05, 3.63) is 30.1 Å². The van der Waals surface area contributed by atoms with E-state index in [0.717, 1.165) is 0 Å². The van der Waals surface area contributed by atoms with Gasteiger partial charge < -0.3 is 19.5 Å². The van der Waals surface area contributed by atoms with Crippen LogP contribution in [0, 0.1) is 5.82 Å². The van der Waals surface area contributed by atoms with Crippen molar-refractivity contribution >= 4 is 12.0 Å². The molecule has 2 fully saturated rings. The normalized spacial score (nSPS) is 23.7. The highest BCUT2D eigenvalue weighted by Crippen LogP contribution is 2.19. The summed E-state index contributed by atoms with van der Waals surface area (Å²) in [6.07, 6.45) is -0.236. The number of carbonyl (C=O) groups is 2. The standard InChI is InChI=1S/C16H19FN2O5/c17-11-2-1-3-12(8-11)24-14-4-6-22-10-13(14)18-15(20)9-19-5-7-23-16(19)21/h1-3,8,13-14H,4-7,9-10H2,(H,18,20)/t13-,14+/m1/s1. The zero-order valence-electron chi connectivity index (χ0n) is 13.1. The van der Waals surface area contributed by atoms with E-state index in [2.05, 4.69) is 5.32 Å². The van der Waals surface area contributed by atoms with Gasteiger partial charge in [0.05, 0.1) is 25.8 Å². The SMILES string of the molecule is O=C(CN1CCOC1=O)N[C@@H]1COCC[C@@H]1Oc1cccc(F)c1. The van der Waals surface area contributed by atoms with Gasteiger partial charge in [-0.15, -0.1) is 0 Å². The zero-order valence-corrected chi connectivity index (χ0v) is 13.1. The molecule has 2 saturated heterocycles. The Morgan fingerprint density at radius 2 is 2.29 bits per heavy atom. The zero-order chi connectivity index (χ0) is 16.9. The number of ether oxygens (including phenoxy) is 3. The average Bonchev–Trinajstić information content (AvgIpc) is 2.94. The molecular weight excluding hydrogens is 319 g/mol. The van der Waals surface area contributed by atoms with E-state index in [-0.39, 0.29) is 30.4 Å². The van der Waals surface area contributed by atoms with Crippen LogP contribution in [0.4, 0.5) is 9.18 Å². The number of cyclic esters (lactones) is 1. The molecule has 130 valence electrons. The Bertz CT molecular complexity index is 612. The molecular formula is C16H19FN2O5. The summed E-state index contributed by atoms with van der Waals surface area (Å²) in [4.78, 5) is 24.8. The summed E-state index contributed by atoms with van der Waals surface area (Å²) in [6.45, 7) is 1.43. The fourth-order valence-corrected chi connectivity index (χ4v) is 2.70. The van der Waals surface area contributed by atoms with Crippen molar-refractivity contribution in [2.45, 2.75) is 18.6 Å². The summed E-state index contributed by atoms with van der Waals surface area (Å²) in [6, 6.07) is 5.50. The van der Waals surface area contributed by atoms with Crippen LogP contribution >= 0.6 is 0 Å². The van der Waals surface area contributed by atoms with Gasteiger partial charge in [-0.3, -0.25) is 9.69 Å². The molecule has 1 aromatic carbocycles. The average molecular weight is 338 g/mol. The number of nitrogens with one attached hydrogen (secondary N) is 1. The van der Waals surface area contributed by atoms with Crippen LogP contribution in [0.5, 0.6) is 5.75 Å². The number of nitrogens with zero attached hydrogens (tertiary/aromatic N) is 1. The van der Waals surface area contributed by atoms with Crippen molar-refractivity contribution in [2.75, 3.05) is 32.9 Å². The van der Waals surface area contributed by atoms with E-state index in [1.165, 1.54) is 17.0 Å². The third-order valence-corrected chi connectivity index (χ3v) is 3.90. The predicted octanol–water partition coefficient (Wildman–Crippen LogP) is 0.930. The molecule has 1 N–H and O–H groups in total. The van der Waals surface area contributed by atoms with E-state index in [1.807, 2.05) is 0 Å². The summed E-state index contributed by atoms with van der Waals surface area (Å²) in [5.74, 6) is -0.283. The lowest BCUT2D eigenvalue weighted by atomic mass is 10.1. The molecule has 2 aliphatic rings.